The van der Waals surface area contributed by atoms with Crippen LogP contribution in [0.2, 0.25) is 0 Å². The zero-order chi connectivity index (χ0) is 13.8. The highest BCUT2D eigenvalue weighted by atomic mass is 19.1. The maximum absolute atomic E-state index is 13.2. The Bertz CT molecular complexity index is 465. The largest absolute Gasteiger partial charge is 0.480 e. The number of likely N-dealkylation sites (tertiary alicyclic amines) is 1. The van der Waals surface area contributed by atoms with E-state index in [2.05, 4.69) is 0 Å². The van der Waals surface area contributed by atoms with Crippen LogP contribution in [0.1, 0.15) is 12.0 Å². The summed E-state index contributed by atoms with van der Waals surface area (Å²) in [6.45, 7) is -0.190. The van der Waals surface area contributed by atoms with E-state index < -0.39 is 24.3 Å². The number of hydrogen-bond acceptors (Lipinski definition) is 3. The summed E-state index contributed by atoms with van der Waals surface area (Å²) in [4.78, 5) is 23.6. The van der Waals surface area contributed by atoms with E-state index in [0.29, 0.717) is 0 Å². The van der Waals surface area contributed by atoms with Gasteiger partial charge in [0.2, 0.25) is 0 Å². The van der Waals surface area contributed by atoms with E-state index in [-0.39, 0.29) is 19.6 Å². The van der Waals surface area contributed by atoms with Crippen LogP contribution in [0.5, 0.6) is 0 Å². The SMILES string of the molecule is O=C(O)[C@@H]1CC(F)CN1C(=O)OCc1ccccc1. The molecule has 0 saturated carbocycles. The number of hydrogen-bond donors (Lipinski definition) is 1. The number of alkyl halides is 1. The third kappa shape index (κ3) is 3.21. The molecule has 1 aliphatic rings. The van der Waals surface area contributed by atoms with Gasteiger partial charge in [-0.3, -0.25) is 4.90 Å². The van der Waals surface area contributed by atoms with E-state index in [1.807, 2.05) is 6.07 Å². The van der Waals surface area contributed by atoms with E-state index >= 15 is 0 Å². The number of carboxylic acids is 1. The first kappa shape index (κ1) is 13.3. The fourth-order valence-corrected chi connectivity index (χ4v) is 2.02. The van der Waals surface area contributed by atoms with Crippen LogP contribution >= 0.6 is 0 Å². The van der Waals surface area contributed by atoms with Gasteiger partial charge in [-0.2, -0.15) is 0 Å². The van der Waals surface area contributed by atoms with Gasteiger partial charge in [0.25, 0.3) is 0 Å². The highest BCUT2D eigenvalue weighted by Gasteiger charge is 2.40. The summed E-state index contributed by atoms with van der Waals surface area (Å²) in [7, 11) is 0. The molecule has 0 bridgehead atoms. The first-order valence-electron chi connectivity index (χ1n) is 5.92. The molecule has 1 aromatic rings. The van der Waals surface area contributed by atoms with Crippen LogP contribution < -0.4 is 0 Å². The molecule has 1 heterocycles. The summed E-state index contributed by atoms with van der Waals surface area (Å²) >= 11 is 0. The summed E-state index contributed by atoms with van der Waals surface area (Å²) in [5.41, 5.74) is 0.790. The average molecular weight is 267 g/mol. The molecule has 102 valence electrons. The van der Waals surface area contributed by atoms with Crippen molar-refractivity contribution in [1.82, 2.24) is 4.90 Å². The smallest absolute Gasteiger partial charge is 0.410 e. The van der Waals surface area contributed by atoms with Gasteiger partial charge in [-0.25, -0.2) is 14.0 Å². The molecule has 6 heteroatoms. The van der Waals surface area contributed by atoms with E-state index in [9.17, 15) is 14.0 Å². The van der Waals surface area contributed by atoms with Crippen molar-refractivity contribution in [2.45, 2.75) is 25.2 Å². The van der Waals surface area contributed by atoms with Crippen molar-refractivity contribution >= 4 is 12.1 Å². The first-order chi connectivity index (χ1) is 9.08. The van der Waals surface area contributed by atoms with Crippen LogP contribution in [0.3, 0.4) is 0 Å². The van der Waals surface area contributed by atoms with Crippen LogP contribution in [0, 0.1) is 0 Å². The summed E-state index contributed by atoms with van der Waals surface area (Å²) in [6.07, 6.45) is -2.29. The molecule has 1 aliphatic heterocycles. The van der Waals surface area contributed by atoms with Gasteiger partial charge in [-0.15, -0.1) is 0 Å². The van der Waals surface area contributed by atoms with Crippen LogP contribution in [0.25, 0.3) is 0 Å². The summed E-state index contributed by atoms with van der Waals surface area (Å²) < 4.78 is 18.2. The van der Waals surface area contributed by atoms with E-state index in [1.54, 1.807) is 24.3 Å². The summed E-state index contributed by atoms with van der Waals surface area (Å²) in [5.74, 6) is -1.21. The predicted molar refractivity (Wildman–Crippen MR) is 64.3 cm³/mol. The zero-order valence-electron chi connectivity index (χ0n) is 10.2. The highest BCUT2D eigenvalue weighted by Crippen LogP contribution is 2.21. The Labute approximate surface area is 109 Å². The van der Waals surface area contributed by atoms with Crippen molar-refractivity contribution in [3.05, 3.63) is 35.9 Å². The van der Waals surface area contributed by atoms with Crippen molar-refractivity contribution in [3.8, 4) is 0 Å². The molecule has 0 radical (unpaired) electrons. The first-order valence-corrected chi connectivity index (χ1v) is 5.92. The minimum Gasteiger partial charge on any atom is -0.480 e. The molecule has 5 nitrogen and oxygen atoms in total. The molecular weight excluding hydrogens is 253 g/mol. The second-order valence-corrected chi connectivity index (χ2v) is 4.38. The molecule has 1 amide bonds. The molecule has 1 unspecified atom stereocenters. The van der Waals surface area contributed by atoms with Gasteiger partial charge in [-0.1, -0.05) is 30.3 Å². The van der Waals surface area contributed by atoms with Gasteiger partial charge in [0.05, 0.1) is 6.54 Å². The monoisotopic (exact) mass is 267 g/mol. The number of halogens is 1. The van der Waals surface area contributed by atoms with Gasteiger partial charge < -0.3 is 9.84 Å². The number of ether oxygens (including phenoxy) is 1. The third-order valence-electron chi connectivity index (χ3n) is 2.97. The van der Waals surface area contributed by atoms with Crippen LogP contribution in [-0.4, -0.2) is 40.8 Å². The summed E-state index contributed by atoms with van der Waals surface area (Å²) in [6, 6.07) is 7.86. The number of benzene rings is 1. The van der Waals surface area contributed by atoms with Crippen LogP contribution in [0.4, 0.5) is 9.18 Å². The average Bonchev–Trinajstić information content (AvgIpc) is 2.79. The predicted octanol–water partition coefficient (Wildman–Crippen LogP) is 1.82. The van der Waals surface area contributed by atoms with Gasteiger partial charge in [0, 0.05) is 6.42 Å². The summed E-state index contributed by atoms with van der Waals surface area (Å²) in [5, 5.41) is 8.92. The Morgan fingerprint density at radius 1 is 1.37 bits per heavy atom. The Hall–Kier alpha value is -2.11. The van der Waals surface area contributed by atoms with Gasteiger partial charge in [-0.05, 0) is 5.56 Å². The van der Waals surface area contributed by atoms with Crippen molar-refractivity contribution in [1.29, 1.82) is 0 Å². The molecule has 2 rings (SSSR count). The molecule has 0 aliphatic carbocycles. The number of aliphatic carboxylic acids is 1. The fraction of sp³-hybridized carbons (Fsp3) is 0.385. The van der Waals surface area contributed by atoms with E-state index in [0.717, 1.165) is 10.5 Å². The molecule has 1 aromatic carbocycles. The molecule has 0 aromatic heterocycles. The van der Waals surface area contributed by atoms with Crippen LogP contribution in [0.15, 0.2) is 30.3 Å². The minimum absolute atomic E-state index is 0.0411. The van der Waals surface area contributed by atoms with Crippen molar-refractivity contribution < 1.29 is 23.8 Å². The van der Waals surface area contributed by atoms with Gasteiger partial charge >= 0.3 is 12.1 Å². The number of carbonyl (C=O) groups excluding carboxylic acids is 1. The Kier molecular flexibility index (Phi) is 3.99. The topological polar surface area (TPSA) is 66.8 Å². The zero-order valence-corrected chi connectivity index (χ0v) is 10.2. The van der Waals surface area contributed by atoms with Gasteiger partial charge in [0.15, 0.2) is 0 Å². The lowest BCUT2D eigenvalue weighted by Crippen LogP contribution is -2.40. The quantitative estimate of drug-likeness (QED) is 0.907. The molecule has 19 heavy (non-hydrogen) atoms. The molecule has 0 spiro atoms. The standard InChI is InChI=1S/C13H14FNO4/c14-10-6-11(12(16)17)15(7-10)13(18)19-8-9-4-2-1-3-5-9/h1-5,10-11H,6-8H2,(H,16,17)/t10?,11-/m0/s1. The maximum atomic E-state index is 13.2. The maximum Gasteiger partial charge on any atom is 0.410 e. The van der Waals surface area contributed by atoms with E-state index in [1.165, 1.54) is 0 Å². The number of rotatable bonds is 3. The fourth-order valence-electron chi connectivity index (χ4n) is 2.02. The molecule has 1 N–H and O–H groups in total. The van der Waals surface area contributed by atoms with E-state index in [4.69, 9.17) is 9.84 Å². The molecule has 1 fully saturated rings. The van der Waals surface area contributed by atoms with Crippen molar-refractivity contribution in [2.75, 3.05) is 6.54 Å². The van der Waals surface area contributed by atoms with Crippen LogP contribution in [-0.2, 0) is 16.1 Å². The lowest BCUT2D eigenvalue weighted by atomic mass is 10.2. The van der Waals surface area contributed by atoms with Gasteiger partial charge in [0.1, 0.15) is 18.8 Å². The number of carbonyl (C=O) groups is 2. The van der Waals surface area contributed by atoms with Crippen molar-refractivity contribution in [3.63, 3.8) is 0 Å². The normalized spacial score (nSPS) is 22.3. The highest BCUT2D eigenvalue weighted by molar-refractivity contribution is 5.80. The second kappa shape index (κ2) is 5.69. The molecule has 2 atom stereocenters. The minimum atomic E-state index is -1.31. The third-order valence-corrected chi connectivity index (χ3v) is 2.97. The Morgan fingerprint density at radius 3 is 2.68 bits per heavy atom. The Balaban J connectivity index is 1.94. The second-order valence-electron chi connectivity index (χ2n) is 4.38. The number of nitrogens with zero attached hydrogens (tertiary/aromatic N) is 1. The molecule has 1 saturated heterocycles. The lowest BCUT2D eigenvalue weighted by molar-refractivity contribution is -0.141. The van der Waals surface area contributed by atoms with Crippen molar-refractivity contribution in [2.24, 2.45) is 0 Å². The lowest BCUT2D eigenvalue weighted by Gasteiger charge is -2.20. The molecular formula is C13H14FNO4. The number of carboxylic acid groups (broad SMARTS) is 1. The Morgan fingerprint density at radius 2 is 2.05 bits per heavy atom. The number of amides is 1.